The molecule has 2 heteroatoms. The lowest BCUT2D eigenvalue weighted by Crippen LogP contribution is -1.88. The Balaban J connectivity index is 2.20. The summed E-state index contributed by atoms with van der Waals surface area (Å²) in [5, 5.41) is 0. The molecule has 3 aromatic rings. The highest BCUT2D eigenvalue weighted by molar-refractivity contribution is 5.82. The molecule has 0 unspecified atom stereocenters. The Morgan fingerprint density at radius 3 is 2.10 bits per heavy atom. The summed E-state index contributed by atoms with van der Waals surface area (Å²) in [6.45, 7) is 0. The van der Waals surface area contributed by atoms with Crippen molar-refractivity contribution in [2.24, 2.45) is 0 Å². The van der Waals surface area contributed by atoms with E-state index in [1.165, 1.54) is 12.1 Å². The lowest BCUT2D eigenvalue weighted by Gasteiger charge is -2.10. The van der Waals surface area contributed by atoms with Crippen molar-refractivity contribution < 1.29 is 8.78 Å². The number of rotatable bonds is 2. The first-order valence-electron chi connectivity index (χ1n) is 6.26. The summed E-state index contributed by atoms with van der Waals surface area (Å²) in [4.78, 5) is 0. The van der Waals surface area contributed by atoms with Gasteiger partial charge in [-0.05, 0) is 40.5 Å². The molecule has 0 aliphatic heterocycles. The topological polar surface area (TPSA) is 0 Å². The van der Waals surface area contributed by atoms with Crippen molar-refractivity contribution in [2.75, 3.05) is 0 Å². The maximum atomic E-state index is 13.4. The second-order valence-corrected chi connectivity index (χ2v) is 4.48. The highest BCUT2D eigenvalue weighted by Gasteiger charge is 2.09. The molecule has 0 amide bonds. The van der Waals surface area contributed by atoms with Gasteiger partial charge in [0, 0.05) is 6.07 Å². The average Bonchev–Trinajstić information content (AvgIpc) is 2.47. The Bertz CT molecular complexity index is 713. The van der Waals surface area contributed by atoms with Gasteiger partial charge in [0.1, 0.15) is 11.6 Å². The minimum Gasteiger partial charge on any atom is -0.207 e. The van der Waals surface area contributed by atoms with Crippen LogP contribution in [0.15, 0.2) is 66.7 Å². The van der Waals surface area contributed by atoms with E-state index in [0.717, 1.165) is 17.2 Å². The highest BCUT2D eigenvalue weighted by atomic mass is 19.1. The molecule has 0 N–H and O–H groups in total. The smallest absolute Gasteiger partial charge is 0.126 e. The fourth-order valence-corrected chi connectivity index (χ4v) is 2.23. The predicted molar refractivity (Wildman–Crippen MR) is 76.1 cm³/mol. The van der Waals surface area contributed by atoms with Crippen molar-refractivity contribution in [1.82, 2.24) is 0 Å². The van der Waals surface area contributed by atoms with Gasteiger partial charge in [0.25, 0.3) is 0 Å². The minimum absolute atomic E-state index is 0.488. The van der Waals surface area contributed by atoms with Crippen molar-refractivity contribution in [2.45, 2.75) is 0 Å². The van der Waals surface area contributed by atoms with Crippen LogP contribution in [0, 0.1) is 17.7 Å². The van der Waals surface area contributed by atoms with Gasteiger partial charge in [0.15, 0.2) is 0 Å². The van der Waals surface area contributed by atoms with Crippen LogP contribution >= 0.6 is 0 Å². The lowest BCUT2D eigenvalue weighted by atomic mass is 9.94. The molecular formula is C18H11F2. The van der Waals surface area contributed by atoms with E-state index in [-0.39, 0.29) is 0 Å². The molecule has 0 atom stereocenters. The normalized spacial score (nSPS) is 10.5. The first kappa shape index (κ1) is 12.5. The quantitative estimate of drug-likeness (QED) is 0.604. The first-order valence-corrected chi connectivity index (χ1v) is 6.26. The zero-order chi connectivity index (χ0) is 13.9. The standard InChI is InChI=1S/C18H11F2/c19-15-10-14(11-16(20)12-15)18-9-5-4-8-17(18)13-6-2-1-3-7-13/h1-8,10-12H. The molecule has 97 valence electrons. The number of hydrogen-bond acceptors (Lipinski definition) is 0. The summed E-state index contributed by atoms with van der Waals surface area (Å²) in [5.41, 5.74) is 3.07. The van der Waals surface area contributed by atoms with Crippen molar-refractivity contribution in [1.29, 1.82) is 0 Å². The summed E-state index contributed by atoms with van der Waals surface area (Å²) in [7, 11) is 0. The molecule has 1 radical (unpaired) electrons. The molecule has 0 aliphatic rings. The van der Waals surface area contributed by atoms with Crippen molar-refractivity contribution in [3.05, 3.63) is 84.4 Å². The number of halogens is 2. The molecule has 20 heavy (non-hydrogen) atoms. The zero-order valence-corrected chi connectivity index (χ0v) is 10.6. The van der Waals surface area contributed by atoms with Crippen LogP contribution < -0.4 is 0 Å². The molecule has 0 saturated carbocycles. The zero-order valence-electron chi connectivity index (χ0n) is 10.6. The van der Waals surface area contributed by atoms with Gasteiger partial charge in [-0.2, -0.15) is 0 Å². The third-order valence-corrected chi connectivity index (χ3v) is 3.09. The van der Waals surface area contributed by atoms with E-state index >= 15 is 0 Å². The maximum absolute atomic E-state index is 13.4. The van der Waals surface area contributed by atoms with Gasteiger partial charge in [-0.15, -0.1) is 0 Å². The molecule has 3 aromatic carbocycles. The van der Waals surface area contributed by atoms with Gasteiger partial charge in [-0.3, -0.25) is 0 Å². The van der Waals surface area contributed by atoms with Gasteiger partial charge in [-0.25, -0.2) is 8.78 Å². The Morgan fingerprint density at radius 1 is 0.700 bits per heavy atom. The monoisotopic (exact) mass is 265 g/mol. The third-order valence-electron chi connectivity index (χ3n) is 3.09. The molecule has 0 bridgehead atoms. The lowest BCUT2D eigenvalue weighted by molar-refractivity contribution is 0.584. The van der Waals surface area contributed by atoms with E-state index in [1.807, 2.05) is 42.5 Å². The van der Waals surface area contributed by atoms with Crippen LogP contribution in [0.5, 0.6) is 0 Å². The molecule has 0 nitrogen and oxygen atoms in total. The Morgan fingerprint density at radius 2 is 1.40 bits per heavy atom. The number of hydrogen-bond donors (Lipinski definition) is 0. The van der Waals surface area contributed by atoms with Crippen molar-refractivity contribution >= 4 is 0 Å². The third kappa shape index (κ3) is 2.45. The molecule has 3 rings (SSSR count). The summed E-state index contributed by atoms with van der Waals surface area (Å²) in [5.74, 6) is -1.17. The molecule has 0 aliphatic carbocycles. The van der Waals surface area contributed by atoms with Crippen LogP contribution in [0.2, 0.25) is 0 Å². The van der Waals surface area contributed by atoms with Crippen molar-refractivity contribution in [3.8, 4) is 22.3 Å². The van der Waals surface area contributed by atoms with Crippen LogP contribution in [0.3, 0.4) is 0 Å². The van der Waals surface area contributed by atoms with Crippen molar-refractivity contribution in [3.63, 3.8) is 0 Å². The predicted octanol–water partition coefficient (Wildman–Crippen LogP) is 5.10. The minimum atomic E-state index is -0.587. The van der Waals surface area contributed by atoms with E-state index < -0.39 is 11.6 Å². The van der Waals surface area contributed by atoms with E-state index in [2.05, 4.69) is 6.07 Å². The van der Waals surface area contributed by atoms with Crippen LogP contribution in [0.4, 0.5) is 8.78 Å². The summed E-state index contributed by atoms with van der Waals surface area (Å²) in [6, 6.07) is 21.8. The highest BCUT2D eigenvalue weighted by Crippen LogP contribution is 2.32. The molecular weight excluding hydrogens is 254 g/mol. The van der Waals surface area contributed by atoms with Gasteiger partial charge in [-0.1, -0.05) is 48.5 Å². The van der Waals surface area contributed by atoms with Gasteiger partial charge < -0.3 is 0 Å². The summed E-state index contributed by atoms with van der Waals surface area (Å²) >= 11 is 0. The average molecular weight is 265 g/mol. The SMILES string of the molecule is Fc1cc(F)cc(-c2[c]cccc2-c2ccccc2)c1. The van der Waals surface area contributed by atoms with E-state index in [1.54, 1.807) is 6.07 Å². The van der Waals surface area contributed by atoms with Crippen LogP contribution in [-0.2, 0) is 0 Å². The number of benzene rings is 3. The molecule has 0 aromatic heterocycles. The molecule has 0 spiro atoms. The van der Waals surface area contributed by atoms with Crippen LogP contribution in [0.25, 0.3) is 22.3 Å². The largest absolute Gasteiger partial charge is 0.207 e. The second-order valence-electron chi connectivity index (χ2n) is 4.48. The van der Waals surface area contributed by atoms with Gasteiger partial charge >= 0.3 is 0 Å². The molecule has 0 saturated heterocycles. The van der Waals surface area contributed by atoms with E-state index in [4.69, 9.17) is 0 Å². The van der Waals surface area contributed by atoms with E-state index in [0.29, 0.717) is 11.1 Å². The second kappa shape index (κ2) is 5.25. The van der Waals surface area contributed by atoms with Gasteiger partial charge in [0.05, 0.1) is 0 Å². The fraction of sp³-hybridized carbons (Fsp3) is 0. The Labute approximate surface area is 116 Å². The van der Waals surface area contributed by atoms with Crippen LogP contribution in [0.1, 0.15) is 0 Å². The molecule has 0 heterocycles. The Hall–Kier alpha value is -2.48. The fourth-order valence-electron chi connectivity index (χ4n) is 2.23. The Kier molecular flexibility index (Phi) is 3.30. The van der Waals surface area contributed by atoms with E-state index in [9.17, 15) is 8.78 Å². The van der Waals surface area contributed by atoms with Crippen LogP contribution in [-0.4, -0.2) is 0 Å². The molecule has 0 fully saturated rings. The summed E-state index contributed by atoms with van der Waals surface area (Å²) in [6.07, 6.45) is 0. The van der Waals surface area contributed by atoms with Gasteiger partial charge in [0.2, 0.25) is 0 Å². The first-order chi connectivity index (χ1) is 9.74. The summed E-state index contributed by atoms with van der Waals surface area (Å²) < 4.78 is 26.8. The maximum Gasteiger partial charge on any atom is 0.126 e.